The molecule has 0 spiro atoms. The molecule has 0 saturated heterocycles. The van der Waals surface area contributed by atoms with Gasteiger partial charge in [0, 0.05) is 31.5 Å². The van der Waals surface area contributed by atoms with Crippen molar-refractivity contribution in [1.29, 1.82) is 0 Å². The number of sulfone groups is 1. The van der Waals surface area contributed by atoms with E-state index in [1.165, 1.54) is 16.7 Å². The fraction of sp³-hybridized carbons (Fsp3) is 0.412. The van der Waals surface area contributed by atoms with E-state index < -0.39 is 9.84 Å². The first-order valence-electron chi connectivity index (χ1n) is 7.84. The Morgan fingerprint density at radius 3 is 2.71 bits per heavy atom. The van der Waals surface area contributed by atoms with Crippen LogP contribution in [0.5, 0.6) is 0 Å². The van der Waals surface area contributed by atoms with Gasteiger partial charge in [0.05, 0.1) is 5.69 Å². The molecule has 1 aliphatic heterocycles. The minimum absolute atomic E-state index is 0.250. The molecule has 0 saturated carbocycles. The lowest BCUT2D eigenvalue weighted by Crippen LogP contribution is -2.35. The van der Waals surface area contributed by atoms with E-state index in [0.717, 1.165) is 19.3 Å². The van der Waals surface area contributed by atoms with Crippen LogP contribution in [-0.2, 0) is 29.3 Å². The van der Waals surface area contributed by atoms with Crippen LogP contribution >= 0.6 is 0 Å². The van der Waals surface area contributed by atoms with Crippen LogP contribution in [0.1, 0.15) is 27.9 Å². The number of rotatable bonds is 3. The number of aromatic amines is 1. The molecule has 2 aromatic rings. The van der Waals surface area contributed by atoms with Gasteiger partial charge in [0.15, 0.2) is 0 Å². The van der Waals surface area contributed by atoms with Crippen LogP contribution < -0.4 is 5.56 Å². The number of hydrogen-bond donors (Lipinski definition) is 1. The number of aryl methyl sites for hydroxylation is 2. The lowest BCUT2D eigenvalue weighted by molar-refractivity contribution is 0.239. The zero-order valence-electron chi connectivity index (χ0n) is 14.1. The van der Waals surface area contributed by atoms with Gasteiger partial charge in [0.25, 0.3) is 5.56 Å². The smallest absolute Gasteiger partial charge is 0.255 e. The molecule has 0 fully saturated rings. The minimum atomic E-state index is -3.53. The molecule has 0 amide bonds. The number of aromatic nitrogens is 2. The van der Waals surface area contributed by atoms with Gasteiger partial charge in [-0.2, -0.15) is 0 Å². The van der Waals surface area contributed by atoms with Crippen LogP contribution in [0.15, 0.2) is 28.2 Å². The third kappa shape index (κ3) is 3.42. The second-order valence-corrected chi connectivity index (χ2v) is 8.39. The second-order valence-electron chi connectivity index (χ2n) is 6.46. The van der Waals surface area contributed by atoms with Crippen molar-refractivity contribution < 1.29 is 8.42 Å². The summed E-state index contributed by atoms with van der Waals surface area (Å²) in [6, 6.07) is 6.36. The van der Waals surface area contributed by atoms with Crippen molar-refractivity contribution in [2.75, 3.05) is 12.8 Å². The van der Waals surface area contributed by atoms with Crippen LogP contribution in [0.3, 0.4) is 0 Å². The van der Waals surface area contributed by atoms with Gasteiger partial charge in [-0.05, 0) is 31.4 Å². The largest absolute Gasteiger partial charge is 0.297 e. The molecular weight excluding hydrogens is 326 g/mol. The Bertz CT molecular complexity index is 948. The molecule has 0 aliphatic carbocycles. The van der Waals surface area contributed by atoms with E-state index in [9.17, 15) is 13.2 Å². The molecule has 1 aromatic carbocycles. The highest BCUT2D eigenvalue weighted by Gasteiger charge is 2.23. The molecule has 0 unspecified atom stereocenters. The summed E-state index contributed by atoms with van der Waals surface area (Å²) >= 11 is 0. The topological polar surface area (TPSA) is 83.1 Å². The van der Waals surface area contributed by atoms with Crippen LogP contribution in [0.25, 0.3) is 0 Å². The van der Waals surface area contributed by atoms with Gasteiger partial charge in [-0.3, -0.25) is 14.7 Å². The number of nitrogens with zero attached hydrogens (tertiary/aromatic N) is 2. The first kappa shape index (κ1) is 16.9. The Morgan fingerprint density at radius 2 is 2.04 bits per heavy atom. The molecule has 0 bridgehead atoms. The Balaban J connectivity index is 1.88. The normalized spacial score (nSPS) is 15.3. The number of H-pyrrole nitrogens is 1. The summed E-state index contributed by atoms with van der Waals surface area (Å²) in [7, 11) is -3.53. The molecular formula is C17H21N3O3S. The summed E-state index contributed by atoms with van der Waals surface area (Å²) in [5.74, 6) is 0. The summed E-state index contributed by atoms with van der Waals surface area (Å²) in [5.41, 5.74) is 4.51. The number of fused-ring (bicyclic) bond motifs is 1. The molecule has 1 aliphatic rings. The van der Waals surface area contributed by atoms with Gasteiger partial charge in [-0.1, -0.05) is 23.8 Å². The summed E-state index contributed by atoms with van der Waals surface area (Å²) in [4.78, 5) is 20.9. The fourth-order valence-electron chi connectivity index (χ4n) is 3.05. The predicted octanol–water partition coefficient (Wildman–Crippen LogP) is 1.35. The van der Waals surface area contributed by atoms with Crippen molar-refractivity contribution >= 4 is 9.84 Å². The van der Waals surface area contributed by atoms with Crippen molar-refractivity contribution in [3.63, 3.8) is 0 Å². The SMILES string of the molecule is Cc1ccc(CN2CCc3c(nc(S(C)(=O)=O)[nH]c3=O)C2)c(C)c1. The van der Waals surface area contributed by atoms with E-state index in [4.69, 9.17) is 0 Å². The summed E-state index contributed by atoms with van der Waals surface area (Å²) < 4.78 is 23.3. The molecule has 0 atom stereocenters. The van der Waals surface area contributed by atoms with Gasteiger partial charge >= 0.3 is 0 Å². The number of benzene rings is 1. The molecule has 24 heavy (non-hydrogen) atoms. The van der Waals surface area contributed by atoms with Crippen LogP contribution in [0, 0.1) is 13.8 Å². The molecule has 128 valence electrons. The Hall–Kier alpha value is -1.99. The van der Waals surface area contributed by atoms with E-state index in [-0.39, 0.29) is 10.7 Å². The van der Waals surface area contributed by atoms with Gasteiger partial charge in [0.2, 0.25) is 15.0 Å². The first-order valence-corrected chi connectivity index (χ1v) is 9.74. The molecule has 6 nitrogen and oxygen atoms in total. The van der Waals surface area contributed by atoms with E-state index in [2.05, 4.69) is 46.9 Å². The number of hydrogen-bond acceptors (Lipinski definition) is 5. The Labute approximate surface area is 141 Å². The van der Waals surface area contributed by atoms with Crippen molar-refractivity contribution in [2.45, 2.75) is 38.5 Å². The summed E-state index contributed by atoms with van der Waals surface area (Å²) in [5, 5.41) is -0.250. The van der Waals surface area contributed by atoms with Crippen molar-refractivity contribution in [2.24, 2.45) is 0 Å². The Kier molecular flexibility index (Phi) is 4.31. The molecule has 3 rings (SSSR count). The first-order chi connectivity index (χ1) is 11.2. The monoisotopic (exact) mass is 347 g/mol. The Morgan fingerprint density at radius 1 is 1.29 bits per heavy atom. The van der Waals surface area contributed by atoms with E-state index in [1.807, 2.05) is 0 Å². The molecule has 0 radical (unpaired) electrons. The maximum atomic E-state index is 12.1. The lowest BCUT2D eigenvalue weighted by atomic mass is 10.0. The lowest BCUT2D eigenvalue weighted by Gasteiger charge is -2.28. The highest BCUT2D eigenvalue weighted by atomic mass is 32.2. The zero-order valence-corrected chi connectivity index (χ0v) is 14.9. The molecule has 1 N–H and O–H groups in total. The highest BCUT2D eigenvalue weighted by Crippen LogP contribution is 2.19. The maximum Gasteiger partial charge on any atom is 0.255 e. The standard InChI is InChI=1S/C17H21N3O3S/c1-11-4-5-13(12(2)8-11)9-20-7-6-14-15(10-20)18-17(19-16(14)21)24(3,22)23/h4-5,8H,6-7,9-10H2,1-3H3,(H,18,19,21). The van der Waals surface area contributed by atoms with Crippen LogP contribution in [0.2, 0.25) is 0 Å². The van der Waals surface area contributed by atoms with Gasteiger partial charge in [-0.25, -0.2) is 13.4 Å². The van der Waals surface area contributed by atoms with Gasteiger partial charge < -0.3 is 0 Å². The van der Waals surface area contributed by atoms with Gasteiger partial charge in [-0.15, -0.1) is 0 Å². The van der Waals surface area contributed by atoms with E-state index in [1.54, 1.807) is 0 Å². The van der Waals surface area contributed by atoms with Crippen LogP contribution in [0.4, 0.5) is 0 Å². The maximum absolute atomic E-state index is 12.1. The average molecular weight is 347 g/mol. The number of nitrogens with one attached hydrogen (secondary N) is 1. The molecule has 7 heteroatoms. The van der Waals surface area contributed by atoms with Crippen molar-refractivity contribution in [1.82, 2.24) is 14.9 Å². The van der Waals surface area contributed by atoms with E-state index in [0.29, 0.717) is 24.2 Å². The average Bonchev–Trinajstić information content (AvgIpc) is 2.49. The second kappa shape index (κ2) is 6.14. The van der Waals surface area contributed by atoms with Crippen molar-refractivity contribution in [3.05, 3.63) is 56.5 Å². The highest BCUT2D eigenvalue weighted by molar-refractivity contribution is 7.90. The quantitative estimate of drug-likeness (QED) is 0.848. The van der Waals surface area contributed by atoms with Crippen molar-refractivity contribution in [3.8, 4) is 0 Å². The van der Waals surface area contributed by atoms with Crippen LogP contribution in [-0.4, -0.2) is 36.1 Å². The third-order valence-corrected chi connectivity index (χ3v) is 5.27. The van der Waals surface area contributed by atoms with E-state index >= 15 is 0 Å². The predicted molar refractivity (Wildman–Crippen MR) is 91.7 cm³/mol. The minimum Gasteiger partial charge on any atom is -0.297 e. The van der Waals surface area contributed by atoms with Gasteiger partial charge in [0.1, 0.15) is 0 Å². The fourth-order valence-corrected chi connectivity index (χ4v) is 3.60. The summed E-state index contributed by atoms with van der Waals surface area (Å²) in [6.07, 6.45) is 1.63. The zero-order chi connectivity index (χ0) is 17.5. The summed E-state index contributed by atoms with van der Waals surface area (Å²) in [6.45, 7) is 6.15. The third-order valence-electron chi connectivity index (χ3n) is 4.37. The molecule has 2 heterocycles. The molecule has 1 aromatic heterocycles.